The molecule has 120 valence electrons. The molecule has 0 radical (unpaired) electrons. The first-order chi connectivity index (χ1) is 10.5. The van der Waals surface area contributed by atoms with Gasteiger partial charge in [0.15, 0.2) is 0 Å². The Morgan fingerprint density at radius 3 is 2.86 bits per heavy atom. The summed E-state index contributed by atoms with van der Waals surface area (Å²) in [6, 6.07) is 0.775. The zero-order chi connectivity index (χ0) is 16.1. The van der Waals surface area contributed by atoms with Gasteiger partial charge < -0.3 is 10.4 Å². The van der Waals surface area contributed by atoms with Crippen LogP contribution in [0, 0.1) is 0 Å². The van der Waals surface area contributed by atoms with Crippen molar-refractivity contribution in [1.29, 1.82) is 0 Å². The van der Waals surface area contributed by atoms with E-state index in [0.717, 1.165) is 31.4 Å². The molecule has 2 aromatic rings. The Morgan fingerprint density at radius 2 is 2.23 bits per heavy atom. The van der Waals surface area contributed by atoms with Gasteiger partial charge in [-0.25, -0.2) is 9.78 Å². The summed E-state index contributed by atoms with van der Waals surface area (Å²) in [6.45, 7) is 4.03. The number of carboxylic acid groups (broad SMARTS) is 1. The molecule has 0 spiro atoms. The molecular weight excluding hydrogens is 304 g/mol. The van der Waals surface area contributed by atoms with Gasteiger partial charge in [-0.3, -0.25) is 4.79 Å². The summed E-state index contributed by atoms with van der Waals surface area (Å²) < 4.78 is 1.21. The van der Waals surface area contributed by atoms with Crippen LogP contribution in [0.1, 0.15) is 45.2 Å². The normalized spacial score (nSPS) is 12.5. The number of hydrogen-bond acceptors (Lipinski definition) is 6. The Labute approximate surface area is 132 Å². The van der Waals surface area contributed by atoms with E-state index in [9.17, 15) is 14.7 Å². The Morgan fingerprint density at radius 1 is 1.45 bits per heavy atom. The van der Waals surface area contributed by atoms with Crippen molar-refractivity contribution in [3.63, 3.8) is 0 Å². The lowest BCUT2D eigenvalue weighted by atomic mass is 10.1. The van der Waals surface area contributed by atoms with Crippen molar-refractivity contribution in [3.05, 3.63) is 22.1 Å². The van der Waals surface area contributed by atoms with E-state index in [4.69, 9.17) is 0 Å². The first kappa shape index (κ1) is 16.4. The van der Waals surface area contributed by atoms with E-state index in [1.54, 1.807) is 0 Å². The fraction of sp³-hybridized carbons (Fsp3) is 0.571. The van der Waals surface area contributed by atoms with Crippen LogP contribution in [0.3, 0.4) is 0 Å². The van der Waals surface area contributed by atoms with Crippen molar-refractivity contribution in [2.45, 2.75) is 52.0 Å². The summed E-state index contributed by atoms with van der Waals surface area (Å²) in [4.78, 5) is 28.1. The minimum Gasteiger partial charge on any atom is -0.480 e. The summed E-state index contributed by atoms with van der Waals surface area (Å²) in [5.74, 6) is -0.917. The number of carboxylic acids is 1. The maximum atomic E-state index is 12.0. The third kappa shape index (κ3) is 3.82. The lowest BCUT2D eigenvalue weighted by molar-refractivity contribution is -0.138. The van der Waals surface area contributed by atoms with Crippen LogP contribution in [0.4, 0.5) is 5.13 Å². The summed E-state index contributed by atoms with van der Waals surface area (Å²) >= 11 is 1.20. The van der Waals surface area contributed by atoms with Gasteiger partial charge in [0.1, 0.15) is 6.04 Å². The monoisotopic (exact) mass is 324 g/mol. The van der Waals surface area contributed by atoms with Crippen LogP contribution < -0.4 is 10.9 Å². The Bertz CT molecular complexity index is 710. The largest absolute Gasteiger partial charge is 0.480 e. The number of aromatic nitrogens is 3. The van der Waals surface area contributed by atoms with Gasteiger partial charge in [0.05, 0.1) is 0 Å². The number of anilines is 1. The molecule has 0 fully saturated rings. The van der Waals surface area contributed by atoms with E-state index in [1.807, 2.05) is 13.8 Å². The fourth-order valence-electron chi connectivity index (χ4n) is 2.11. The number of aliphatic carboxylic acids is 1. The smallest absolute Gasteiger partial charge is 0.326 e. The number of unbranched alkanes of at least 4 members (excludes halogenated alkanes) is 1. The zero-order valence-corrected chi connectivity index (χ0v) is 13.5. The predicted octanol–water partition coefficient (Wildman–Crippen LogP) is 2.16. The van der Waals surface area contributed by atoms with Crippen LogP contribution in [0.2, 0.25) is 0 Å². The molecule has 2 rings (SSSR count). The Balaban J connectivity index is 2.26. The van der Waals surface area contributed by atoms with Gasteiger partial charge in [-0.1, -0.05) is 44.4 Å². The quantitative estimate of drug-likeness (QED) is 0.772. The highest BCUT2D eigenvalue weighted by atomic mass is 32.1. The standard InChI is InChI=1S/C14H20N4O3S/c1-3-5-7-10(12(20)21)16-13-17-18-11(19)8-9(6-4-2)15-14(18)22-13/h8,10H,3-7H2,1-2H3,(H,16,17)(H,20,21). The first-order valence-electron chi connectivity index (χ1n) is 7.44. The van der Waals surface area contributed by atoms with Crippen LogP contribution >= 0.6 is 11.3 Å². The van der Waals surface area contributed by atoms with Crippen molar-refractivity contribution in [1.82, 2.24) is 14.6 Å². The average molecular weight is 324 g/mol. The second kappa shape index (κ2) is 7.35. The molecule has 0 amide bonds. The third-order valence-corrected chi connectivity index (χ3v) is 4.09. The maximum absolute atomic E-state index is 12.0. The van der Waals surface area contributed by atoms with Gasteiger partial charge in [0.2, 0.25) is 10.1 Å². The van der Waals surface area contributed by atoms with Crippen LogP contribution in [0.5, 0.6) is 0 Å². The van der Waals surface area contributed by atoms with E-state index in [1.165, 1.54) is 21.9 Å². The molecule has 2 heterocycles. The number of carbonyl (C=O) groups is 1. The SMILES string of the molecule is CCCCC(Nc1nn2c(=O)cc(CCC)nc2s1)C(=O)O. The highest BCUT2D eigenvalue weighted by molar-refractivity contribution is 7.20. The van der Waals surface area contributed by atoms with E-state index in [0.29, 0.717) is 16.5 Å². The molecule has 0 saturated heterocycles. The van der Waals surface area contributed by atoms with E-state index in [2.05, 4.69) is 15.4 Å². The topological polar surface area (TPSA) is 96.6 Å². The number of fused-ring (bicyclic) bond motifs is 1. The lowest BCUT2D eigenvalue weighted by Gasteiger charge is -2.12. The summed E-state index contributed by atoms with van der Waals surface area (Å²) in [5.41, 5.74) is 0.502. The highest BCUT2D eigenvalue weighted by Gasteiger charge is 2.19. The molecule has 0 bridgehead atoms. The summed E-state index contributed by atoms with van der Waals surface area (Å²) in [7, 11) is 0. The van der Waals surface area contributed by atoms with Gasteiger partial charge in [-0.15, -0.1) is 5.10 Å². The number of hydrogen-bond donors (Lipinski definition) is 2. The molecule has 1 unspecified atom stereocenters. The predicted molar refractivity (Wildman–Crippen MR) is 85.7 cm³/mol. The van der Waals surface area contributed by atoms with Crippen molar-refractivity contribution in [2.75, 3.05) is 5.32 Å². The molecule has 0 aromatic carbocycles. The molecule has 2 aromatic heterocycles. The molecule has 7 nitrogen and oxygen atoms in total. The van der Waals surface area contributed by atoms with Crippen LogP contribution in [0.25, 0.3) is 4.96 Å². The van der Waals surface area contributed by atoms with Gasteiger partial charge in [0.25, 0.3) is 5.56 Å². The molecule has 0 saturated carbocycles. The molecular formula is C14H20N4O3S. The van der Waals surface area contributed by atoms with Gasteiger partial charge in [-0.2, -0.15) is 4.52 Å². The Kier molecular flexibility index (Phi) is 5.48. The second-order valence-corrected chi connectivity index (χ2v) is 6.07. The van der Waals surface area contributed by atoms with Crippen molar-refractivity contribution in [2.24, 2.45) is 0 Å². The van der Waals surface area contributed by atoms with Crippen molar-refractivity contribution in [3.8, 4) is 0 Å². The molecule has 0 aliphatic heterocycles. The van der Waals surface area contributed by atoms with Crippen molar-refractivity contribution >= 4 is 27.4 Å². The van der Waals surface area contributed by atoms with Gasteiger partial charge >= 0.3 is 5.97 Å². The molecule has 2 N–H and O–H groups in total. The van der Waals surface area contributed by atoms with E-state index >= 15 is 0 Å². The van der Waals surface area contributed by atoms with Crippen LogP contribution in [-0.4, -0.2) is 31.7 Å². The van der Waals surface area contributed by atoms with Crippen LogP contribution in [-0.2, 0) is 11.2 Å². The fourth-order valence-corrected chi connectivity index (χ4v) is 2.99. The minimum absolute atomic E-state index is 0.238. The van der Waals surface area contributed by atoms with Gasteiger partial charge in [-0.05, 0) is 12.8 Å². The Hall–Kier alpha value is -1.96. The molecule has 0 aliphatic carbocycles. The first-order valence-corrected chi connectivity index (χ1v) is 8.26. The molecule has 0 aliphatic rings. The lowest BCUT2D eigenvalue weighted by Crippen LogP contribution is -2.29. The number of nitrogens with one attached hydrogen (secondary N) is 1. The molecule has 8 heteroatoms. The van der Waals surface area contributed by atoms with Crippen molar-refractivity contribution < 1.29 is 9.90 Å². The van der Waals surface area contributed by atoms with E-state index < -0.39 is 12.0 Å². The minimum atomic E-state index is -0.917. The van der Waals surface area contributed by atoms with Gasteiger partial charge in [0, 0.05) is 11.8 Å². The summed E-state index contributed by atoms with van der Waals surface area (Å²) in [5, 5.41) is 16.7. The molecule has 1 atom stereocenters. The summed E-state index contributed by atoms with van der Waals surface area (Å²) in [6.07, 6.45) is 3.90. The molecule has 22 heavy (non-hydrogen) atoms. The number of aryl methyl sites for hydroxylation is 1. The average Bonchev–Trinajstić information content (AvgIpc) is 2.86. The number of rotatable bonds is 8. The second-order valence-electron chi connectivity index (χ2n) is 5.11. The highest BCUT2D eigenvalue weighted by Crippen LogP contribution is 2.19. The van der Waals surface area contributed by atoms with E-state index in [-0.39, 0.29) is 5.56 Å². The maximum Gasteiger partial charge on any atom is 0.326 e. The van der Waals surface area contributed by atoms with Crippen LogP contribution in [0.15, 0.2) is 10.9 Å². The zero-order valence-electron chi connectivity index (χ0n) is 12.7. The third-order valence-electron chi connectivity index (χ3n) is 3.25. The number of nitrogens with zero attached hydrogens (tertiary/aromatic N) is 3.